The number of hydrogen-bond acceptors (Lipinski definition) is 8. The molecule has 7 nitrogen and oxygen atoms in total. The Labute approximate surface area is 187 Å². The van der Waals surface area contributed by atoms with Gasteiger partial charge in [0.25, 0.3) is 5.91 Å². The summed E-state index contributed by atoms with van der Waals surface area (Å²) in [7, 11) is 1.32. The van der Waals surface area contributed by atoms with Crippen molar-refractivity contribution in [2.75, 3.05) is 19.0 Å². The van der Waals surface area contributed by atoms with Crippen molar-refractivity contribution in [1.82, 2.24) is 9.88 Å². The summed E-state index contributed by atoms with van der Waals surface area (Å²) in [5, 5.41) is 5.19. The van der Waals surface area contributed by atoms with E-state index in [4.69, 9.17) is 12.2 Å². The van der Waals surface area contributed by atoms with Crippen LogP contribution in [-0.2, 0) is 14.3 Å². The molecule has 1 aliphatic heterocycles. The summed E-state index contributed by atoms with van der Waals surface area (Å²) in [5.74, 6) is -0.740. The average molecular weight is 462 g/mol. The molecule has 2 amide bonds. The number of anilines is 1. The molecule has 1 saturated heterocycles. The smallest absolute Gasteiger partial charge is 0.337 e. The minimum Gasteiger partial charge on any atom is -0.465 e. The first-order chi connectivity index (χ1) is 14.4. The molecular weight excluding hydrogens is 442 g/mol. The van der Waals surface area contributed by atoms with Crippen molar-refractivity contribution >= 4 is 68.6 Å². The van der Waals surface area contributed by atoms with Crippen LogP contribution in [0.5, 0.6) is 0 Å². The number of carbonyl (C=O) groups excluding carboxylic acids is 3. The first-order valence-electron chi connectivity index (χ1n) is 9.03. The lowest BCUT2D eigenvalue weighted by atomic mass is 10.1. The highest BCUT2D eigenvalue weighted by Gasteiger charge is 2.31. The van der Waals surface area contributed by atoms with Crippen molar-refractivity contribution in [2.24, 2.45) is 0 Å². The zero-order valence-electron chi connectivity index (χ0n) is 16.3. The summed E-state index contributed by atoms with van der Waals surface area (Å²) >= 11 is 7.93. The van der Waals surface area contributed by atoms with E-state index in [1.807, 2.05) is 12.3 Å². The molecule has 30 heavy (non-hydrogen) atoms. The number of methoxy groups -OCH3 is 1. The maximum atomic E-state index is 12.7. The molecule has 0 spiro atoms. The molecule has 156 valence electrons. The van der Waals surface area contributed by atoms with Crippen LogP contribution in [0.25, 0.3) is 6.08 Å². The number of carbonyl (C=O) groups is 3. The predicted octanol–water partition coefficient (Wildman–Crippen LogP) is 3.86. The number of aromatic nitrogens is 1. The van der Waals surface area contributed by atoms with Crippen LogP contribution in [-0.4, -0.2) is 45.6 Å². The Hall–Kier alpha value is -2.56. The van der Waals surface area contributed by atoms with Crippen molar-refractivity contribution < 1.29 is 19.1 Å². The Balaban J connectivity index is 1.54. The molecule has 0 atom stereocenters. The molecule has 0 saturated carbocycles. The van der Waals surface area contributed by atoms with Gasteiger partial charge >= 0.3 is 5.97 Å². The Morgan fingerprint density at radius 2 is 2.03 bits per heavy atom. The van der Waals surface area contributed by atoms with Crippen LogP contribution in [0.15, 0.2) is 34.6 Å². The topological polar surface area (TPSA) is 88.6 Å². The number of nitrogens with one attached hydrogen (secondary N) is 1. The van der Waals surface area contributed by atoms with Crippen LogP contribution in [0.2, 0.25) is 0 Å². The van der Waals surface area contributed by atoms with Crippen LogP contribution in [0.3, 0.4) is 0 Å². The third-order valence-corrected chi connectivity index (χ3v) is 6.41. The second-order valence-electron chi connectivity index (χ2n) is 6.39. The van der Waals surface area contributed by atoms with Gasteiger partial charge in [-0.2, -0.15) is 0 Å². The summed E-state index contributed by atoms with van der Waals surface area (Å²) in [6, 6.07) is 6.76. The lowest BCUT2D eigenvalue weighted by molar-refractivity contribution is -0.122. The zero-order valence-corrected chi connectivity index (χ0v) is 18.8. The van der Waals surface area contributed by atoms with Gasteiger partial charge in [0.15, 0.2) is 5.13 Å². The minimum absolute atomic E-state index is 0.143. The second kappa shape index (κ2) is 9.96. The highest BCUT2D eigenvalue weighted by atomic mass is 32.2. The van der Waals surface area contributed by atoms with Crippen molar-refractivity contribution in [3.63, 3.8) is 0 Å². The van der Waals surface area contributed by atoms with E-state index < -0.39 is 5.97 Å². The molecule has 0 aliphatic carbocycles. The van der Waals surface area contributed by atoms with Gasteiger partial charge in [0.05, 0.1) is 23.3 Å². The first kappa shape index (κ1) is 22.1. The number of ether oxygens (including phenoxy) is 1. The van der Waals surface area contributed by atoms with Crippen LogP contribution in [0.4, 0.5) is 5.13 Å². The summed E-state index contributed by atoms with van der Waals surface area (Å²) < 4.78 is 5.14. The third-order valence-electron chi connectivity index (χ3n) is 4.15. The number of thiocarbonyl (C=S) groups is 1. The predicted molar refractivity (Wildman–Crippen MR) is 122 cm³/mol. The summed E-state index contributed by atoms with van der Waals surface area (Å²) in [4.78, 5) is 42.4. The molecule has 1 fully saturated rings. The number of aryl methyl sites for hydroxylation is 1. The molecule has 0 bridgehead atoms. The quantitative estimate of drug-likeness (QED) is 0.380. The zero-order chi connectivity index (χ0) is 21.7. The van der Waals surface area contributed by atoms with Gasteiger partial charge in [0, 0.05) is 18.3 Å². The third kappa shape index (κ3) is 5.53. The Bertz CT molecular complexity index is 1010. The number of esters is 1. The van der Waals surface area contributed by atoms with E-state index in [1.54, 1.807) is 30.3 Å². The molecule has 3 rings (SSSR count). The van der Waals surface area contributed by atoms with Crippen LogP contribution in [0.1, 0.15) is 34.5 Å². The Morgan fingerprint density at radius 1 is 1.30 bits per heavy atom. The largest absolute Gasteiger partial charge is 0.465 e. The van der Waals surface area contributed by atoms with E-state index in [9.17, 15) is 14.4 Å². The van der Waals surface area contributed by atoms with Gasteiger partial charge < -0.3 is 10.1 Å². The van der Waals surface area contributed by atoms with Crippen LogP contribution in [0, 0.1) is 6.92 Å². The molecule has 2 heterocycles. The summed E-state index contributed by atoms with van der Waals surface area (Å²) in [6.07, 6.45) is 2.49. The highest BCUT2D eigenvalue weighted by Crippen LogP contribution is 2.32. The van der Waals surface area contributed by atoms with Gasteiger partial charge in [-0.1, -0.05) is 36.1 Å². The molecular formula is C20H19N3O4S3. The standard InChI is InChI=1S/C20H19N3O4S3/c1-12-11-29-19(21-12)22-16(24)4-3-9-23-17(25)15(30-20(23)28)10-13-5-7-14(8-6-13)18(26)27-2/h5-8,10-11H,3-4,9H2,1-2H3,(H,21,22,24)/b15-10+. The van der Waals surface area contributed by atoms with E-state index in [2.05, 4.69) is 15.0 Å². The van der Waals surface area contributed by atoms with E-state index >= 15 is 0 Å². The number of thiazole rings is 1. The number of hydrogen-bond donors (Lipinski definition) is 1. The molecule has 10 heteroatoms. The fourth-order valence-corrected chi connectivity index (χ4v) is 4.68. The van der Waals surface area contributed by atoms with Gasteiger partial charge in [0.1, 0.15) is 4.32 Å². The number of rotatable bonds is 7. The molecule has 1 aromatic carbocycles. The summed E-state index contributed by atoms with van der Waals surface area (Å²) in [6.45, 7) is 2.23. The van der Waals surface area contributed by atoms with Gasteiger partial charge in [-0.05, 0) is 37.1 Å². The minimum atomic E-state index is -0.415. The van der Waals surface area contributed by atoms with Gasteiger partial charge in [-0.3, -0.25) is 14.5 Å². The monoisotopic (exact) mass is 461 g/mol. The SMILES string of the molecule is COC(=O)c1ccc(/C=C2/SC(=S)N(CCCC(=O)Nc3nc(C)cs3)C2=O)cc1. The van der Waals surface area contributed by atoms with Crippen molar-refractivity contribution in [2.45, 2.75) is 19.8 Å². The number of benzene rings is 1. The van der Waals surface area contributed by atoms with Gasteiger partial charge in [0.2, 0.25) is 5.91 Å². The maximum absolute atomic E-state index is 12.7. The Kier molecular flexibility index (Phi) is 7.35. The lowest BCUT2D eigenvalue weighted by Gasteiger charge is -2.13. The maximum Gasteiger partial charge on any atom is 0.337 e. The van der Waals surface area contributed by atoms with Gasteiger partial charge in [-0.15, -0.1) is 11.3 Å². The van der Waals surface area contributed by atoms with E-state index in [0.29, 0.717) is 32.9 Å². The molecule has 1 aliphatic rings. The lowest BCUT2D eigenvalue weighted by Crippen LogP contribution is -2.29. The van der Waals surface area contributed by atoms with E-state index in [1.165, 1.54) is 35.1 Å². The fraction of sp³-hybridized carbons (Fsp3) is 0.250. The van der Waals surface area contributed by atoms with Gasteiger partial charge in [-0.25, -0.2) is 9.78 Å². The van der Waals surface area contributed by atoms with Crippen molar-refractivity contribution in [1.29, 1.82) is 0 Å². The highest BCUT2D eigenvalue weighted by molar-refractivity contribution is 8.26. The molecule has 1 N–H and O–H groups in total. The van der Waals surface area contributed by atoms with Crippen LogP contribution >= 0.6 is 35.3 Å². The Morgan fingerprint density at radius 3 is 2.67 bits per heavy atom. The average Bonchev–Trinajstić information content (AvgIpc) is 3.25. The fourth-order valence-electron chi connectivity index (χ4n) is 2.67. The van der Waals surface area contributed by atoms with Crippen molar-refractivity contribution in [3.8, 4) is 0 Å². The van der Waals surface area contributed by atoms with Crippen molar-refractivity contribution in [3.05, 3.63) is 51.4 Å². The van der Waals surface area contributed by atoms with E-state index in [-0.39, 0.29) is 18.2 Å². The molecule has 0 radical (unpaired) electrons. The van der Waals surface area contributed by atoms with Crippen LogP contribution < -0.4 is 5.32 Å². The number of nitrogens with zero attached hydrogens (tertiary/aromatic N) is 2. The number of amides is 2. The number of thioether (sulfide) groups is 1. The normalized spacial score (nSPS) is 15.0. The molecule has 1 aromatic heterocycles. The first-order valence-corrected chi connectivity index (χ1v) is 11.1. The summed E-state index contributed by atoms with van der Waals surface area (Å²) in [5.41, 5.74) is 2.08. The molecule has 2 aromatic rings. The molecule has 0 unspecified atom stereocenters. The van der Waals surface area contributed by atoms with E-state index in [0.717, 1.165) is 11.3 Å². The second-order valence-corrected chi connectivity index (χ2v) is 8.93.